The van der Waals surface area contributed by atoms with Crippen LogP contribution in [0.25, 0.3) is 75.8 Å². The molecule has 5 heteroatoms. The van der Waals surface area contributed by atoms with Gasteiger partial charge in [-0.2, -0.15) is 0 Å². The smallest absolute Gasteiger partial charge is 0.144 e. The number of rotatable bonds is 5. The van der Waals surface area contributed by atoms with Crippen molar-refractivity contribution in [1.29, 1.82) is 0 Å². The van der Waals surface area contributed by atoms with Gasteiger partial charge in [0.2, 0.25) is 0 Å². The lowest BCUT2D eigenvalue weighted by atomic mass is 10.0. The molecule has 10 aromatic rings. The van der Waals surface area contributed by atoms with Gasteiger partial charge in [0.25, 0.3) is 0 Å². The topological polar surface area (TPSA) is 42.4 Å². The zero-order valence-electron chi connectivity index (χ0n) is 25.6. The molecule has 0 atom stereocenters. The summed E-state index contributed by atoms with van der Waals surface area (Å²) in [5.74, 6) is 0. The van der Waals surface area contributed by atoms with Crippen LogP contribution in [0, 0.1) is 0 Å². The van der Waals surface area contributed by atoms with E-state index < -0.39 is 0 Å². The van der Waals surface area contributed by atoms with Crippen LogP contribution in [-0.2, 0) is 0 Å². The lowest BCUT2D eigenvalue weighted by Crippen LogP contribution is -2.10. The number of thiazole rings is 1. The van der Waals surface area contributed by atoms with Crippen molar-refractivity contribution >= 4 is 82.5 Å². The molecule has 0 aliphatic rings. The maximum Gasteiger partial charge on any atom is 0.144 e. The average molecular weight is 635 g/mol. The Morgan fingerprint density at radius 1 is 0.500 bits per heavy atom. The summed E-state index contributed by atoms with van der Waals surface area (Å²) < 4.78 is 14.0. The Labute approximate surface area is 279 Å². The van der Waals surface area contributed by atoms with Crippen molar-refractivity contribution < 1.29 is 8.83 Å². The third-order valence-electron chi connectivity index (χ3n) is 9.09. The zero-order chi connectivity index (χ0) is 31.6. The van der Waals surface area contributed by atoms with Crippen molar-refractivity contribution in [3.05, 3.63) is 158 Å². The van der Waals surface area contributed by atoms with Crippen LogP contribution < -0.4 is 4.90 Å². The summed E-state index contributed by atoms with van der Waals surface area (Å²) in [6.07, 6.45) is 0. The van der Waals surface area contributed by atoms with Crippen LogP contribution in [-0.4, -0.2) is 4.98 Å². The second-order valence-corrected chi connectivity index (χ2v) is 12.9. The van der Waals surface area contributed by atoms with Gasteiger partial charge in [-0.05, 0) is 60.2 Å². The average Bonchev–Trinajstić information content (AvgIpc) is 3.86. The zero-order valence-corrected chi connectivity index (χ0v) is 26.4. The van der Waals surface area contributed by atoms with Gasteiger partial charge in [0, 0.05) is 38.7 Å². The number of hydrogen-bond acceptors (Lipinski definition) is 5. The maximum absolute atomic E-state index is 6.62. The van der Waals surface area contributed by atoms with E-state index in [0.29, 0.717) is 0 Å². The number of para-hydroxylation sites is 3. The van der Waals surface area contributed by atoms with E-state index >= 15 is 0 Å². The number of aromatic nitrogens is 1. The molecule has 10 rings (SSSR count). The van der Waals surface area contributed by atoms with Gasteiger partial charge in [0.1, 0.15) is 27.3 Å². The van der Waals surface area contributed by atoms with Crippen molar-refractivity contribution in [2.24, 2.45) is 0 Å². The predicted octanol–water partition coefficient (Wildman–Crippen LogP) is 12.9. The summed E-state index contributed by atoms with van der Waals surface area (Å²) in [5.41, 5.74) is 10.9. The van der Waals surface area contributed by atoms with Crippen LogP contribution in [0.5, 0.6) is 0 Å². The molecule has 0 N–H and O–H groups in total. The molecule has 4 nitrogen and oxygen atoms in total. The number of fused-ring (bicyclic) bond motifs is 8. The van der Waals surface area contributed by atoms with Crippen LogP contribution in [0.15, 0.2) is 167 Å². The molecule has 0 aliphatic heterocycles. The summed E-state index contributed by atoms with van der Waals surface area (Å²) in [5, 5.41) is 5.41. The van der Waals surface area contributed by atoms with Crippen LogP contribution in [0.2, 0.25) is 0 Å². The minimum Gasteiger partial charge on any atom is -0.456 e. The van der Waals surface area contributed by atoms with Gasteiger partial charge in [-0.1, -0.05) is 103 Å². The van der Waals surface area contributed by atoms with E-state index in [2.05, 4.69) is 126 Å². The van der Waals surface area contributed by atoms with E-state index in [1.165, 1.54) is 0 Å². The molecule has 0 unspecified atom stereocenters. The first-order valence-electron chi connectivity index (χ1n) is 16.0. The molecule has 0 saturated heterocycles. The Morgan fingerprint density at radius 3 is 1.90 bits per heavy atom. The fourth-order valence-corrected chi connectivity index (χ4v) is 8.03. The first-order chi connectivity index (χ1) is 23.8. The van der Waals surface area contributed by atoms with Gasteiger partial charge >= 0.3 is 0 Å². The molecule has 3 heterocycles. The summed E-state index contributed by atoms with van der Waals surface area (Å²) in [4.78, 5) is 7.45. The summed E-state index contributed by atoms with van der Waals surface area (Å²) >= 11 is 1.72. The highest BCUT2D eigenvalue weighted by molar-refractivity contribution is 7.22. The SMILES string of the molecule is c1ccc(-c2nc3cc(-c4ccc(N(c5ccccc5)c5cccc6oc7ccccc7c56)cc4)c4oc5ccccc5c4c3s2)cc1. The van der Waals surface area contributed by atoms with Crippen LogP contribution >= 0.6 is 11.3 Å². The molecule has 48 heavy (non-hydrogen) atoms. The van der Waals surface area contributed by atoms with Gasteiger partial charge in [-0.3, -0.25) is 0 Å². The van der Waals surface area contributed by atoms with Crippen molar-refractivity contribution in [2.75, 3.05) is 4.90 Å². The molecule has 0 radical (unpaired) electrons. The Kier molecular flexibility index (Phi) is 6.01. The maximum atomic E-state index is 6.62. The lowest BCUT2D eigenvalue weighted by molar-refractivity contribution is 0.669. The molecule has 226 valence electrons. The van der Waals surface area contributed by atoms with Gasteiger partial charge in [0.05, 0.1) is 21.3 Å². The number of nitrogens with zero attached hydrogens (tertiary/aromatic N) is 2. The minimum absolute atomic E-state index is 0.866. The number of furan rings is 2. The van der Waals surface area contributed by atoms with E-state index in [4.69, 9.17) is 13.8 Å². The summed E-state index contributed by atoms with van der Waals surface area (Å²) in [6, 6.07) is 54.7. The Hall–Kier alpha value is -6.17. The highest BCUT2D eigenvalue weighted by Gasteiger charge is 2.22. The standard InChI is InChI=1S/C43H26N2O2S/c1-3-12-28(13-4-1)43-44-34-26-33(41-40(42(34)48-43)32-17-8-10-20-37(32)47-41)27-22-24-30(25-23-27)45(29-14-5-2-6-15-29)35-18-11-21-38-39(35)31-16-7-9-19-36(31)46-38/h1-26H. The molecular weight excluding hydrogens is 609 g/mol. The fraction of sp³-hybridized carbons (Fsp3) is 0. The van der Waals surface area contributed by atoms with Gasteiger partial charge in [0.15, 0.2) is 0 Å². The molecular formula is C43H26N2O2S. The largest absolute Gasteiger partial charge is 0.456 e. The van der Waals surface area contributed by atoms with Crippen molar-refractivity contribution in [1.82, 2.24) is 4.98 Å². The summed E-state index contributed by atoms with van der Waals surface area (Å²) in [6.45, 7) is 0. The van der Waals surface area contributed by atoms with Gasteiger partial charge in [-0.15, -0.1) is 11.3 Å². The van der Waals surface area contributed by atoms with E-state index in [0.717, 1.165) is 92.9 Å². The molecule has 0 amide bonds. The van der Waals surface area contributed by atoms with Crippen molar-refractivity contribution in [3.8, 4) is 21.7 Å². The molecule has 0 bridgehead atoms. The van der Waals surface area contributed by atoms with Crippen molar-refractivity contribution in [2.45, 2.75) is 0 Å². The second-order valence-electron chi connectivity index (χ2n) is 11.9. The monoisotopic (exact) mass is 634 g/mol. The number of benzene rings is 7. The quantitative estimate of drug-likeness (QED) is 0.189. The highest BCUT2D eigenvalue weighted by atomic mass is 32.1. The van der Waals surface area contributed by atoms with E-state index in [9.17, 15) is 0 Å². The first-order valence-corrected chi connectivity index (χ1v) is 16.8. The van der Waals surface area contributed by atoms with Crippen LogP contribution in [0.4, 0.5) is 17.1 Å². The molecule has 7 aromatic carbocycles. The van der Waals surface area contributed by atoms with Gasteiger partial charge in [-0.25, -0.2) is 4.98 Å². The van der Waals surface area contributed by atoms with Crippen molar-refractivity contribution in [3.63, 3.8) is 0 Å². The van der Waals surface area contributed by atoms with Crippen LogP contribution in [0.3, 0.4) is 0 Å². The third kappa shape index (κ3) is 4.18. The molecule has 0 fully saturated rings. The third-order valence-corrected chi connectivity index (χ3v) is 10.2. The lowest BCUT2D eigenvalue weighted by Gasteiger charge is -2.26. The first kappa shape index (κ1) is 27.0. The Balaban J connectivity index is 1.16. The molecule has 0 saturated carbocycles. The van der Waals surface area contributed by atoms with E-state index in [-0.39, 0.29) is 0 Å². The molecule has 0 aliphatic carbocycles. The van der Waals surface area contributed by atoms with Crippen LogP contribution in [0.1, 0.15) is 0 Å². The highest BCUT2D eigenvalue weighted by Crippen LogP contribution is 2.46. The molecule has 3 aromatic heterocycles. The summed E-state index contributed by atoms with van der Waals surface area (Å²) in [7, 11) is 0. The normalized spacial score (nSPS) is 11.8. The second kappa shape index (κ2) is 10.7. The van der Waals surface area contributed by atoms with E-state index in [1.54, 1.807) is 11.3 Å². The predicted molar refractivity (Wildman–Crippen MR) is 200 cm³/mol. The minimum atomic E-state index is 0.866. The fourth-order valence-electron chi connectivity index (χ4n) is 6.93. The van der Waals surface area contributed by atoms with Gasteiger partial charge < -0.3 is 13.7 Å². The number of hydrogen-bond donors (Lipinski definition) is 0. The Morgan fingerprint density at radius 2 is 1.12 bits per heavy atom. The number of anilines is 3. The molecule has 0 spiro atoms. The van der Waals surface area contributed by atoms with E-state index in [1.807, 2.05) is 36.4 Å². The Bertz CT molecular complexity index is 2780.